The van der Waals surface area contributed by atoms with Crippen molar-refractivity contribution >= 4 is 32.7 Å². The van der Waals surface area contributed by atoms with Crippen LogP contribution in [0.2, 0.25) is 0 Å². The molecule has 27 heavy (non-hydrogen) atoms. The molecule has 0 N–H and O–H groups in total. The number of para-hydroxylation sites is 1. The maximum absolute atomic E-state index is 13.1. The molecule has 0 bridgehead atoms. The number of nitrogens with zero attached hydrogens (tertiary/aromatic N) is 3. The Morgan fingerprint density at radius 2 is 1.48 bits per heavy atom. The molecule has 2 aromatic heterocycles. The third-order valence-corrected chi connectivity index (χ3v) is 4.96. The zero-order valence-electron chi connectivity index (χ0n) is 14.6. The number of benzene rings is 2. The van der Waals surface area contributed by atoms with Crippen molar-refractivity contribution in [3.63, 3.8) is 0 Å². The van der Waals surface area contributed by atoms with E-state index in [-0.39, 0.29) is 5.56 Å². The van der Waals surface area contributed by atoms with Gasteiger partial charge in [0.2, 0.25) is 0 Å². The van der Waals surface area contributed by atoms with Crippen LogP contribution in [0, 0.1) is 0 Å². The minimum Gasteiger partial charge on any atom is -0.294 e. The van der Waals surface area contributed by atoms with Gasteiger partial charge < -0.3 is 0 Å². The van der Waals surface area contributed by atoms with Crippen LogP contribution in [0.3, 0.4) is 0 Å². The lowest BCUT2D eigenvalue weighted by molar-refractivity contribution is 0.790. The summed E-state index contributed by atoms with van der Waals surface area (Å²) in [6.07, 6.45) is 0. The fourth-order valence-corrected chi connectivity index (χ4v) is 3.69. The van der Waals surface area contributed by atoms with Crippen molar-refractivity contribution in [3.05, 3.63) is 93.6 Å². The summed E-state index contributed by atoms with van der Waals surface area (Å²) in [4.78, 5) is 29.6. The molecule has 0 radical (unpaired) electrons. The van der Waals surface area contributed by atoms with Crippen molar-refractivity contribution in [1.82, 2.24) is 14.1 Å². The summed E-state index contributed by atoms with van der Waals surface area (Å²) in [7, 11) is 1.47. The fourth-order valence-electron chi connectivity index (χ4n) is 3.69. The highest BCUT2D eigenvalue weighted by molar-refractivity contribution is 6.19. The zero-order valence-corrected chi connectivity index (χ0v) is 14.6. The predicted molar refractivity (Wildman–Crippen MR) is 108 cm³/mol. The molecule has 0 amide bonds. The van der Waals surface area contributed by atoms with Crippen molar-refractivity contribution < 1.29 is 0 Å². The van der Waals surface area contributed by atoms with Crippen LogP contribution in [-0.4, -0.2) is 14.1 Å². The van der Waals surface area contributed by atoms with Crippen LogP contribution in [0.4, 0.5) is 0 Å². The monoisotopic (exact) mass is 353 g/mol. The molecule has 0 saturated carbocycles. The molecular weight excluding hydrogens is 338 g/mol. The standard InChI is InChI=1S/C22H15N3O2/c1-24-21(26)19-18-16-12-6-5-8-14(16)9-7-13-17(18)25(20(19)23-22(24)27)15-10-3-2-4-11-15/h2-13H,1H3. The highest BCUT2D eigenvalue weighted by Crippen LogP contribution is 2.32. The molecule has 0 aliphatic carbocycles. The molecule has 0 spiro atoms. The summed E-state index contributed by atoms with van der Waals surface area (Å²) >= 11 is 0. The van der Waals surface area contributed by atoms with E-state index in [1.807, 2.05) is 77.4 Å². The van der Waals surface area contributed by atoms with Gasteiger partial charge in [-0.25, -0.2) is 4.79 Å². The summed E-state index contributed by atoms with van der Waals surface area (Å²) in [5, 5.41) is 3.24. The second-order valence-corrected chi connectivity index (χ2v) is 6.50. The van der Waals surface area contributed by atoms with Crippen molar-refractivity contribution in [2.75, 3.05) is 0 Å². The van der Waals surface area contributed by atoms with Crippen molar-refractivity contribution in [1.29, 1.82) is 0 Å². The van der Waals surface area contributed by atoms with Gasteiger partial charge in [-0.05, 0) is 29.0 Å². The summed E-state index contributed by atoms with van der Waals surface area (Å²) in [6.45, 7) is 0. The van der Waals surface area contributed by atoms with Crippen LogP contribution in [0.5, 0.6) is 0 Å². The first kappa shape index (κ1) is 15.5. The van der Waals surface area contributed by atoms with Crippen LogP contribution >= 0.6 is 0 Å². The quantitative estimate of drug-likeness (QED) is 0.464. The average molecular weight is 353 g/mol. The summed E-state index contributed by atoms with van der Waals surface area (Å²) in [5.41, 5.74) is 1.20. The van der Waals surface area contributed by atoms with E-state index in [0.717, 1.165) is 31.9 Å². The minimum absolute atomic E-state index is 0.332. The molecule has 5 heteroatoms. The van der Waals surface area contributed by atoms with Gasteiger partial charge in [0.05, 0.1) is 10.9 Å². The lowest BCUT2D eigenvalue weighted by Crippen LogP contribution is -2.32. The summed E-state index contributed by atoms with van der Waals surface area (Å²) < 4.78 is 2.96. The number of hydrogen-bond donors (Lipinski definition) is 0. The average Bonchev–Trinajstić information content (AvgIpc) is 2.89. The Hall–Kier alpha value is -3.73. The molecular formula is C22H15N3O2. The van der Waals surface area contributed by atoms with Gasteiger partial charge in [-0.2, -0.15) is 4.98 Å². The predicted octanol–water partition coefficient (Wildman–Crippen LogP) is 3.39. The second-order valence-electron chi connectivity index (χ2n) is 6.50. The maximum atomic E-state index is 13.1. The molecule has 0 saturated heterocycles. The third-order valence-electron chi connectivity index (χ3n) is 4.96. The van der Waals surface area contributed by atoms with Crippen molar-refractivity contribution in [2.45, 2.75) is 0 Å². The van der Waals surface area contributed by atoms with Gasteiger partial charge >= 0.3 is 5.69 Å². The van der Waals surface area contributed by atoms with E-state index in [2.05, 4.69) is 4.98 Å². The number of fused-ring (bicyclic) bond motifs is 5. The van der Waals surface area contributed by atoms with Gasteiger partial charge in [0.25, 0.3) is 5.56 Å². The van der Waals surface area contributed by atoms with Gasteiger partial charge in [-0.3, -0.25) is 13.9 Å². The lowest BCUT2D eigenvalue weighted by Gasteiger charge is -2.05. The summed E-state index contributed by atoms with van der Waals surface area (Å²) in [6, 6.07) is 23.5. The van der Waals surface area contributed by atoms with Crippen LogP contribution in [0.1, 0.15) is 0 Å². The van der Waals surface area contributed by atoms with Crippen molar-refractivity contribution in [2.24, 2.45) is 7.05 Å². The molecule has 0 fully saturated rings. The minimum atomic E-state index is -0.554. The van der Waals surface area contributed by atoms with E-state index < -0.39 is 5.69 Å². The topological polar surface area (TPSA) is 56.9 Å². The van der Waals surface area contributed by atoms with Gasteiger partial charge in [-0.15, -0.1) is 0 Å². The molecule has 0 aliphatic rings. The van der Waals surface area contributed by atoms with Gasteiger partial charge in [0.15, 0.2) is 5.65 Å². The first-order valence-corrected chi connectivity index (χ1v) is 8.65. The Balaban J connectivity index is 2.19. The van der Waals surface area contributed by atoms with E-state index in [4.69, 9.17) is 0 Å². The van der Waals surface area contributed by atoms with E-state index in [1.54, 1.807) is 0 Å². The number of hydrogen-bond acceptors (Lipinski definition) is 3. The van der Waals surface area contributed by atoms with Crippen molar-refractivity contribution in [3.8, 4) is 5.69 Å². The fraction of sp³-hybridized carbons (Fsp3) is 0.0455. The Morgan fingerprint density at radius 3 is 2.30 bits per heavy atom. The van der Waals surface area contributed by atoms with E-state index in [0.29, 0.717) is 11.0 Å². The summed E-state index contributed by atoms with van der Waals surface area (Å²) in [5.74, 6) is 0. The molecule has 130 valence electrons. The highest BCUT2D eigenvalue weighted by Gasteiger charge is 2.19. The van der Waals surface area contributed by atoms with Crippen LogP contribution in [0.15, 0.2) is 82.4 Å². The van der Waals surface area contributed by atoms with Gasteiger partial charge in [0, 0.05) is 18.1 Å². The van der Waals surface area contributed by atoms with Crippen LogP contribution in [-0.2, 0) is 7.05 Å². The SMILES string of the molecule is Cn1c(=O)nc2c(c1=O)c1c3ccccc3cccc1n2-c1ccccc1. The number of rotatable bonds is 1. The Morgan fingerprint density at radius 1 is 0.778 bits per heavy atom. The molecule has 5 rings (SSSR count). The number of aromatic nitrogens is 3. The Kier molecular flexibility index (Phi) is 3.24. The molecule has 0 aliphatic heterocycles. The van der Waals surface area contributed by atoms with Crippen LogP contribution < -0.4 is 11.2 Å². The molecule has 3 aromatic carbocycles. The van der Waals surface area contributed by atoms with E-state index >= 15 is 0 Å². The first-order chi connectivity index (χ1) is 13.2. The molecule has 0 atom stereocenters. The molecule has 0 unspecified atom stereocenters. The van der Waals surface area contributed by atoms with E-state index in [1.165, 1.54) is 7.05 Å². The maximum Gasteiger partial charge on any atom is 0.352 e. The van der Waals surface area contributed by atoms with Gasteiger partial charge in [0.1, 0.15) is 0 Å². The van der Waals surface area contributed by atoms with Gasteiger partial charge in [-0.1, -0.05) is 54.6 Å². The second kappa shape index (κ2) is 5.64. The smallest absolute Gasteiger partial charge is 0.294 e. The zero-order chi connectivity index (χ0) is 18.5. The molecule has 2 heterocycles. The highest BCUT2D eigenvalue weighted by atomic mass is 16.2. The Bertz CT molecular complexity index is 1460. The third kappa shape index (κ3) is 2.15. The van der Waals surface area contributed by atoms with Crippen LogP contribution in [0.25, 0.3) is 38.4 Å². The lowest BCUT2D eigenvalue weighted by atomic mass is 10.1. The molecule has 5 nitrogen and oxygen atoms in total. The normalized spacial score (nSPS) is 11.4. The largest absolute Gasteiger partial charge is 0.352 e. The molecule has 5 aromatic rings. The van der Waals surface area contributed by atoms with E-state index in [9.17, 15) is 9.59 Å². The first-order valence-electron chi connectivity index (χ1n) is 8.65. The Labute approximate surface area is 153 Å².